The average molecular weight is 823 g/mol. The molecule has 14 N–H and O–H groups in total. The number of carbonyl (C=O) groups excluding carboxylic acids is 8. The van der Waals surface area contributed by atoms with Crippen LogP contribution < -0.4 is 49.1 Å². The monoisotopic (exact) mass is 823 g/mol. The molecular weight excluding hydrogens is 765 g/mol. The second kappa shape index (κ2) is 24.1. The summed E-state index contributed by atoms with van der Waals surface area (Å²) >= 11 is 2.07. The molecule has 21 heteroatoms. The third-order valence-electron chi connectivity index (χ3n) is 8.38. The summed E-state index contributed by atoms with van der Waals surface area (Å²) in [5, 5.41) is 33.5. The summed E-state index contributed by atoms with van der Waals surface area (Å²) in [7, 11) is 0. The van der Waals surface area contributed by atoms with Gasteiger partial charge in [0.05, 0.1) is 0 Å². The zero-order valence-corrected chi connectivity index (χ0v) is 32.8. The molecule has 8 amide bonds. The molecule has 0 rings (SSSR count). The number of hydrogen-bond acceptors (Lipinski definition) is 11. The van der Waals surface area contributed by atoms with E-state index in [0.717, 1.165) is 0 Å². The first-order chi connectivity index (χ1) is 24.6. The SMILES string of the molecule is CC[C@H](C)[C@H](N)C(=O)N[C@@H](CC(N)=O)C(=O)N[C@@H](CO)C(=O)N[C@@H](C[SeH])C(=O)N[C@@H](CC(C)C)C(=O)N[C@H](C(=O)N[C@@H](CC(N)=O)C(=O)O)[C@@H](C)CC. The first-order valence-electron chi connectivity index (χ1n) is 17.2. The van der Waals surface area contributed by atoms with Crippen molar-refractivity contribution < 1.29 is 53.4 Å². The number of nitrogens with two attached hydrogens (primary N) is 3. The third-order valence-corrected chi connectivity index (χ3v) is 9.15. The third kappa shape index (κ3) is 17.4. The number of aliphatic carboxylic acids is 1. The molecule has 0 aliphatic rings. The van der Waals surface area contributed by atoms with Crippen molar-refractivity contribution in [2.24, 2.45) is 35.0 Å². The number of hydrogen-bond donors (Lipinski definition) is 11. The zero-order valence-electron chi connectivity index (χ0n) is 31.0. The summed E-state index contributed by atoms with van der Waals surface area (Å²) in [6, 6.07) is -9.67. The molecular formula is C32H57N9O11Se. The normalized spacial score (nSPS) is 16.2. The van der Waals surface area contributed by atoms with Crippen LogP contribution in [0.15, 0.2) is 0 Å². The van der Waals surface area contributed by atoms with E-state index in [1.54, 1.807) is 41.5 Å². The van der Waals surface area contributed by atoms with Gasteiger partial charge in [0.2, 0.25) is 5.91 Å². The van der Waals surface area contributed by atoms with Crippen LogP contribution in [0.4, 0.5) is 0 Å². The van der Waals surface area contributed by atoms with Crippen molar-refractivity contribution in [3.8, 4) is 0 Å². The summed E-state index contributed by atoms with van der Waals surface area (Å²) in [5.41, 5.74) is 16.3. The molecule has 0 radical (unpaired) electrons. The van der Waals surface area contributed by atoms with Crippen LogP contribution in [0.5, 0.6) is 0 Å². The molecule has 0 aromatic heterocycles. The molecule has 0 aliphatic carbocycles. The number of carbonyl (C=O) groups is 9. The Kier molecular flexibility index (Phi) is 22.1. The van der Waals surface area contributed by atoms with E-state index in [1.165, 1.54) is 0 Å². The van der Waals surface area contributed by atoms with Gasteiger partial charge in [-0.2, -0.15) is 0 Å². The van der Waals surface area contributed by atoms with E-state index >= 15 is 0 Å². The maximum absolute atomic E-state index is 13.5. The Morgan fingerprint density at radius 1 is 0.585 bits per heavy atom. The van der Waals surface area contributed by atoms with Crippen molar-refractivity contribution in [2.45, 2.75) is 121 Å². The van der Waals surface area contributed by atoms with Crippen molar-refractivity contribution in [1.82, 2.24) is 31.9 Å². The Morgan fingerprint density at radius 2 is 1.00 bits per heavy atom. The Morgan fingerprint density at radius 3 is 1.45 bits per heavy atom. The number of carboxylic acids is 1. The summed E-state index contributed by atoms with van der Waals surface area (Å²) in [6.45, 7) is 9.47. The summed E-state index contributed by atoms with van der Waals surface area (Å²) in [4.78, 5) is 113. The minimum atomic E-state index is -1.65. The second-order valence-electron chi connectivity index (χ2n) is 13.3. The van der Waals surface area contributed by atoms with Gasteiger partial charge in [-0.1, -0.05) is 20.3 Å². The van der Waals surface area contributed by atoms with Gasteiger partial charge in [0, 0.05) is 0 Å². The molecule has 0 unspecified atom stereocenters. The second-order valence-corrected chi connectivity index (χ2v) is 14.0. The number of nitrogens with one attached hydrogen (secondary N) is 6. The van der Waals surface area contributed by atoms with Gasteiger partial charge >= 0.3 is 271 Å². The molecule has 0 bridgehead atoms. The number of carboxylic acid groups (broad SMARTS) is 1. The molecule has 20 nitrogen and oxygen atoms in total. The Bertz CT molecular complexity index is 1320. The van der Waals surface area contributed by atoms with Crippen LogP contribution in [0, 0.1) is 17.8 Å². The van der Waals surface area contributed by atoms with Crippen molar-refractivity contribution in [3.63, 3.8) is 0 Å². The Hall–Kier alpha value is -4.33. The summed E-state index contributed by atoms with van der Waals surface area (Å²) in [6.07, 6.45) is -0.331. The number of rotatable bonds is 25. The summed E-state index contributed by atoms with van der Waals surface area (Å²) in [5.74, 6) is -9.68. The Balaban J connectivity index is 5.97. The fourth-order valence-corrected chi connectivity index (χ4v) is 5.26. The maximum atomic E-state index is 13.5. The molecule has 0 saturated carbocycles. The van der Waals surface area contributed by atoms with Crippen LogP contribution >= 0.6 is 0 Å². The number of primary amides is 2. The van der Waals surface area contributed by atoms with Gasteiger partial charge in [-0.05, 0) is 0 Å². The van der Waals surface area contributed by atoms with Gasteiger partial charge < -0.3 is 10.8 Å². The predicted octanol–water partition coefficient (Wildman–Crippen LogP) is -4.49. The molecule has 0 heterocycles. The number of aliphatic hydroxyl groups is 1. The van der Waals surface area contributed by atoms with Gasteiger partial charge in [-0.3, -0.25) is 4.79 Å². The van der Waals surface area contributed by atoms with Crippen LogP contribution in [0.25, 0.3) is 0 Å². The fourth-order valence-electron chi connectivity index (χ4n) is 4.72. The van der Waals surface area contributed by atoms with Crippen LogP contribution in [0.3, 0.4) is 0 Å². The summed E-state index contributed by atoms with van der Waals surface area (Å²) < 4.78 is 0. The van der Waals surface area contributed by atoms with E-state index in [-0.39, 0.29) is 23.6 Å². The van der Waals surface area contributed by atoms with E-state index in [2.05, 4.69) is 47.9 Å². The average Bonchev–Trinajstić information content (AvgIpc) is 3.08. The zero-order chi connectivity index (χ0) is 41.2. The molecule has 302 valence electrons. The molecule has 0 fully saturated rings. The molecule has 0 aromatic carbocycles. The standard InChI is InChI=1S/C32H57N9O11Se/c1-7-15(5)24(35)30(49)37-18(10-22(33)43)26(45)39-20(12-42)28(47)40-21(13-53)29(48)36-17(9-14(3)4)27(46)41-25(16(6)8-2)31(50)38-19(32(51)52)11-23(34)44/h14-21,24-25,42,53H,7-13,35H2,1-6H3,(H2,33,43)(H2,34,44)(H,36,48)(H,37,49)(H,38,50)(H,39,45)(H,40,47)(H,41,46)(H,51,52)/t15-,16-,17-,18-,19-,20-,21-,24-,25-/m0/s1. The minimum absolute atomic E-state index is 0.0745. The van der Waals surface area contributed by atoms with Crippen molar-refractivity contribution >= 4 is 69.2 Å². The molecule has 0 aliphatic heterocycles. The van der Waals surface area contributed by atoms with Gasteiger partial charge in [0.1, 0.15) is 0 Å². The first-order valence-corrected chi connectivity index (χ1v) is 18.5. The molecule has 0 spiro atoms. The first kappa shape index (κ1) is 48.7. The Labute approximate surface area is 316 Å². The topological polar surface area (TPSA) is 344 Å². The number of amides is 8. The van der Waals surface area contributed by atoms with Crippen LogP contribution in [0.1, 0.15) is 73.6 Å². The van der Waals surface area contributed by atoms with Gasteiger partial charge in [0.15, 0.2) is 0 Å². The molecule has 53 heavy (non-hydrogen) atoms. The van der Waals surface area contributed by atoms with E-state index in [9.17, 15) is 53.4 Å². The quantitative estimate of drug-likeness (QED) is 0.0389. The molecule has 0 aromatic rings. The van der Waals surface area contributed by atoms with Crippen LogP contribution in [-0.4, -0.2) is 128 Å². The fraction of sp³-hybridized carbons (Fsp3) is 0.719. The van der Waals surface area contributed by atoms with Gasteiger partial charge in [-0.15, -0.1) is 0 Å². The molecule has 9 atom stereocenters. The molecule has 0 saturated heterocycles. The van der Waals surface area contributed by atoms with Gasteiger partial charge in [0.25, 0.3) is 0 Å². The van der Waals surface area contributed by atoms with E-state index in [0.29, 0.717) is 12.8 Å². The van der Waals surface area contributed by atoms with Crippen LogP contribution in [-0.2, 0) is 43.2 Å². The van der Waals surface area contributed by atoms with Crippen molar-refractivity contribution in [3.05, 3.63) is 0 Å². The number of aliphatic hydroxyl groups excluding tert-OH is 1. The van der Waals surface area contributed by atoms with Crippen molar-refractivity contribution in [1.29, 1.82) is 0 Å². The van der Waals surface area contributed by atoms with E-state index in [1.807, 2.05) is 0 Å². The predicted molar refractivity (Wildman–Crippen MR) is 192 cm³/mol. The van der Waals surface area contributed by atoms with E-state index < -0.39 is 121 Å². The van der Waals surface area contributed by atoms with Crippen molar-refractivity contribution in [2.75, 3.05) is 6.61 Å². The van der Waals surface area contributed by atoms with E-state index in [4.69, 9.17) is 17.2 Å². The van der Waals surface area contributed by atoms with Gasteiger partial charge in [-0.25, -0.2) is 4.79 Å². The van der Waals surface area contributed by atoms with Crippen LogP contribution in [0.2, 0.25) is 5.32 Å².